The number of hydrogen-bond donors (Lipinski definition) is 1. The molecule has 1 amide bonds. The topological polar surface area (TPSA) is 49.7 Å². The Morgan fingerprint density at radius 3 is 2.44 bits per heavy atom. The molecule has 0 radical (unpaired) electrons. The largest absolute Gasteiger partial charge is 0.463 e. The third-order valence-corrected chi connectivity index (χ3v) is 1.97. The van der Waals surface area contributed by atoms with Crippen molar-refractivity contribution >= 4 is 16.8 Å². The number of carboxylic acid groups (broad SMARTS) is 1. The second kappa shape index (κ2) is 2.59. The molecule has 3 nitrogen and oxygen atoms in total. The lowest BCUT2D eigenvalue weighted by Gasteiger charge is -1.83. The third-order valence-electron chi connectivity index (χ3n) is 0.731. The van der Waals surface area contributed by atoms with Gasteiger partial charge in [-0.15, -0.1) is 4.36 Å². The summed E-state index contributed by atoms with van der Waals surface area (Å²) in [5.41, 5.74) is 0. The molecule has 0 aliphatic carbocycles. The van der Waals surface area contributed by atoms with Gasteiger partial charge >= 0.3 is 6.09 Å². The second-order valence-corrected chi connectivity index (χ2v) is 2.80. The van der Waals surface area contributed by atoms with Gasteiger partial charge in [-0.05, 0) is 21.5 Å². The van der Waals surface area contributed by atoms with Crippen molar-refractivity contribution in [3.63, 3.8) is 0 Å². The molecule has 0 atom stereocenters. The van der Waals surface area contributed by atoms with E-state index < -0.39 is 16.8 Å². The molecule has 1 rings (SSSR count). The SMILES string of the molecule is O=C(O)N=S1C=CC=C1. The minimum absolute atomic E-state index is 0.493. The van der Waals surface area contributed by atoms with Crippen LogP contribution in [0.3, 0.4) is 0 Å². The monoisotopic (exact) mass is 143 g/mol. The molecule has 1 aliphatic heterocycles. The fourth-order valence-corrected chi connectivity index (χ4v) is 1.34. The van der Waals surface area contributed by atoms with Crippen molar-refractivity contribution in [3.05, 3.63) is 23.0 Å². The molecule has 4 heteroatoms. The van der Waals surface area contributed by atoms with E-state index in [1.54, 1.807) is 23.0 Å². The van der Waals surface area contributed by atoms with Crippen LogP contribution in [-0.4, -0.2) is 11.2 Å². The fourth-order valence-electron chi connectivity index (χ4n) is 0.448. The van der Waals surface area contributed by atoms with E-state index in [1.165, 1.54) is 0 Å². The fraction of sp³-hybridized carbons (Fsp3) is 0. The van der Waals surface area contributed by atoms with Crippen LogP contribution in [-0.2, 0) is 10.7 Å². The maximum Gasteiger partial charge on any atom is 0.437 e. The van der Waals surface area contributed by atoms with E-state index >= 15 is 0 Å². The lowest BCUT2D eigenvalue weighted by atomic mass is 10.6. The van der Waals surface area contributed by atoms with E-state index in [1.807, 2.05) is 0 Å². The molecule has 1 heterocycles. The molecule has 0 aromatic rings. The summed E-state index contributed by atoms with van der Waals surface area (Å²) in [5.74, 6) is 0. The number of rotatable bonds is 0. The lowest BCUT2D eigenvalue weighted by molar-refractivity contribution is 0.206. The van der Waals surface area contributed by atoms with E-state index in [0.717, 1.165) is 0 Å². The normalized spacial score (nSPS) is 16.4. The number of nitrogens with zero attached hydrogens (tertiary/aromatic N) is 1. The zero-order valence-corrected chi connectivity index (χ0v) is 5.34. The Bertz CT molecular complexity index is 203. The van der Waals surface area contributed by atoms with Gasteiger partial charge in [-0.2, -0.15) is 0 Å². The third kappa shape index (κ3) is 1.81. The first-order chi connectivity index (χ1) is 4.29. The van der Waals surface area contributed by atoms with E-state index in [2.05, 4.69) is 4.36 Å². The number of allylic oxidation sites excluding steroid dienone is 2. The predicted octanol–water partition coefficient (Wildman–Crippen LogP) is 1.51. The lowest BCUT2D eigenvalue weighted by Crippen LogP contribution is -1.85. The number of carbonyl (C=O) groups is 1. The van der Waals surface area contributed by atoms with Crippen molar-refractivity contribution in [2.24, 2.45) is 4.36 Å². The second-order valence-electron chi connectivity index (χ2n) is 1.38. The molecule has 0 bridgehead atoms. The van der Waals surface area contributed by atoms with Gasteiger partial charge in [0.1, 0.15) is 0 Å². The van der Waals surface area contributed by atoms with E-state index in [9.17, 15) is 4.79 Å². The molecular weight excluding hydrogens is 138 g/mol. The van der Waals surface area contributed by atoms with Crippen molar-refractivity contribution < 1.29 is 9.90 Å². The van der Waals surface area contributed by atoms with Crippen molar-refractivity contribution in [2.45, 2.75) is 0 Å². The molecule has 9 heavy (non-hydrogen) atoms. The van der Waals surface area contributed by atoms with Crippen molar-refractivity contribution in [1.29, 1.82) is 0 Å². The summed E-state index contributed by atoms with van der Waals surface area (Å²) >= 11 is 0. The van der Waals surface area contributed by atoms with Gasteiger partial charge in [0, 0.05) is 0 Å². The zero-order valence-electron chi connectivity index (χ0n) is 4.52. The summed E-state index contributed by atoms with van der Waals surface area (Å²) in [4.78, 5) is 9.93. The molecule has 0 spiro atoms. The highest BCUT2D eigenvalue weighted by atomic mass is 32.2. The Kier molecular flexibility index (Phi) is 1.79. The van der Waals surface area contributed by atoms with Crippen LogP contribution >= 0.6 is 0 Å². The molecule has 0 saturated heterocycles. The Balaban J connectivity index is 2.73. The van der Waals surface area contributed by atoms with Gasteiger partial charge in [0.25, 0.3) is 0 Å². The van der Waals surface area contributed by atoms with Crippen molar-refractivity contribution in [3.8, 4) is 0 Å². The molecular formula is C5H5NO2S. The molecule has 1 aliphatic rings. The number of hydrogen-bond acceptors (Lipinski definition) is 1. The minimum atomic E-state index is -1.10. The smallest absolute Gasteiger partial charge is 0.437 e. The van der Waals surface area contributed by atoms with Gasteiger partial charge in [0.2, 0.25) is 0 Å². The standard InChI is InChI=1S/C5H5NO2S/c7-5(8)6-9-3-1-2-4-9/h1-4H,(H,7,8). The highest BCUT2D eigenvalue weighted by Crippen LogP contribution is 2.01. The Labute approximate surface area is 54.8 Å². The Morgan fingerprint density at radius 2 is 2.00 bits per heavy atom. The van der Waals surface area contributed by atoms with Crippen LogP contribution in [0.5, 0.6) is 0 Å². The van der Waals surface area contributed by atoms with Gasteiger partial charge in [-0.25, -0.2) is 4.79 Å². The molecule has 0 fully saturated rings. The molecule has 48 valence electrons. The van der Waals surface area contributed by atoms with Gasteiger partial charge in [0.05, 0.1) is 0 Å². The van der Waals surface area contributed by atoms with Crippen LogP contribution in [0.2, 0.25) is 0 Å². The summed E-state index contributed by atoms with van der Waals surface area (Å²) in [6.07, 6.45) is 2.47. The van der Waals surface area contributed by atoms with Crippen LogP contribution in [0.15, 0.2) is 27.3 Å². The van der Waals surface area contributed by atoms with E-state index in [0.29, 0.717) is 0 Å². The van der Waals surface area contributed by atoms with Gasteiger partial charge in [-0.3, -0.25) is 0 Å². The number of amides is 1. The van der Waals surface area contributed by atoms with Crippen molar-refractivity contribution in [2.75, 3.05) is 0 Å². The quantitative estimate of drug-likeness (QED) is 0.558. The summed E-state index contributed by atoms with van der Waals surface area (Å²) < 4.78 is 3.35. The Morgan fingerprint density at radius 1 is 1.44 bits per heavy atom. The van der Waals surface area contributed by atoms with E-state index in [4.69, 9.17) is 5.11 Å². The highest BCUT2D eigenvalue weighted by Gasteiger charge is 1.93. The average Bonchev–Trinajstić information content (AvgIpc) is 2.15. The van der Waals surface area contributed by atoms with Crippen LogP contribution in [0.1, 0.15) is 0 Å². The summed E-state index contributed by atoms with van der Waals surface area (Å²) in [7, 11) is -0.493. The van der Waals surface area contributed by atoms with Crippen LogP contribution in [0.4, 0.5) is 4.79 Å². The molecule has 1 N–H and O–H groups in total. The molecule has 0 aromatic heterocycles. The summed E-state index contributed by atoms with van der Waals surface area (Å²) in [6, 6.07) is 0. The minimum Gasteiger partial charge on any atom is -0.463 e. The highest BCUT2D eigenvalue weighted by molar-refractivity contribution is 7.93. The first kappa shape index (κ1) is 6.22. The maximum absolute atomic E-state index is 9.93. The van der Waals surface area contributed by atoms with Crippen LogP contribution in [0.25, 0.3) is 0 Å². The van der Waals surface area contributed by atoms with Gasteiger partial charge in [-0.1, -0.05) is 12.2 Å². The summed E-state index contributed by atoms with van der Waals surface area (Å²) in [5, 5.41) is 11.6. The van der Waals surface area contributed by atoms with Crippen LogP contribution in [0, 0.1) is 0 Å². The van der Waals surface area contributed by atoms with Crippen molar-refractivity contribution in [1.82, 2.24) is 0 Å². The summed E-state index contributed by atoms with van der Waals surface area (Å²) in [6.45, 7) is 0. The average molecular weight is 143 g/mol. The van der Waals surface area contributed by atoms with Gasteiger partial charge in [0.15, 0.2) is 0 Å². The predicted molar refractivity (Wildman–Crippen MR) is 36.1 cm³/mol. The first-order valence-electron chi connectivity index (χ1n) is 2.31. The zero-order chi connectivity index (χ0) is 6.69. The van der Waals surface area contributed by atoms with E-state index in [-0.39, 0.29) is 0 Å². The molecule has 0 unspecified atom stereocenters. The molecule has 0 saturated carbocycles. The maximum atomic E-state index is 9.93. The Hall–Kier alpha value is -0.900. The van der Waals surface area contributed by atoms with Gasteiger partial charge < -0.3 is 5.11 Å². The van der Waals surface area contributed by atoms with Crippen LogP contribution < -0.4 is 0 Å². The molecule has 0 aromatic carbocycles. The first-order valence-corrected chi connectivity index (χ1v) is 3.61.